The van der Waals surface area contributed by atoms with Crippen molar-refractivity contribution in [2.75, 3.05) is 11.9 Å². The van der Waals surface area contributed by atoms with Crippen molar-refractivity contribution < 1.29 is 4.79 Å². The van der Waals surface area contributed by atoms with Crippen LogP contribution in [0.2, 0.25) is 0 Å². The Morgan fingerprint density at radius 2 is 2.21 bits per heavy atom. The molecule has 4 nitrogen and oxygen atoms in total. The van der Waals surface area contributed by atoms with Crippen LogP contribution in [0.4, 0.5) is 5.69 Å². The van der Waals surface area contributed by atoms with Crippen LogP contribution < -0.4 is 11.1 Å². The van der Waals surface area contributed by atoms with Crippen molar-refractivity contribution in [1.29, 1.82) is 0 Å². The summed E-state index contributed by atoms with van der Waals surface area (Å²) in [6, 6.07) is 9.54. The lowest BCUT2D eigenvalue weighted by Gasteiger charge is -2.13. The Hall–Kier alpha value is -1.94. The molecule has 2 rings (SSSR count). The van der Waals surface area contributed by atoms with E-state index in [1.165, 1.54) is 0 Å². The summed E-state index contributed by atoms with van der Waals surface area (Å²) in [6.07, 6.45) is 3.13. The van der Waals surface area contributed by atoms with Gasteiger partial charge in [-0.2, -0.15) is 0 Å². The number of carbonyl (C=O) groups excluding carboxylic acids is 1. The lowest BCUT2D eigenvalue weighted by atomic mass is 10.0. The monoisotopic (exact) mass is 257 g/mol. The molecule has 1 heterocycles. The van der Waals surface area contributed by atoms with E-state index in [0.717, 1.165) is 23.0 Å². The largest absolute Gasteiger partial charge is 0.330 e. The lowest BCUT2D eigenvalue weighted by Crippen LogP contribution is -2.21. The highest BCUT2D eigenvalue weighted by atomic mass is 16.1. The Labute approximate surface area is 113 Å². The number of fused-ring (bicyclic) bond motifs is 1. The zero-order valence-corrected chi connectivity index (χ0v) is 11.1. The van der Waals surface area contributed by atoms with Crippen LogP contribution in [-0.2, 0) is 4.79 Å². The van der Waals surface area contributed by atoms with E-state index < -0.39 is 0 Å². The molecule has 0 saturated heterocycles. The van der Waals surface area contributed by atoms with Gasteiger partial charge < -0.3 is 11.1 Å². The second kappa shape index (κ2) is 6.29. The quantitative estimate of drug-likeness (QED) is 0.865. The van der Waals surface area contributed by atoms with E-state index in [0.29, 0.717) is 13.0 Å². The summed E-state index contributed by atoms with van der Waals surface area (Å²) in [5.41, 5.74) is 7.31. The number of pyridine rings is 1. The van der Waals surface area contributed by atoms with Crippen molar-refractivity contribution in [1.82, 2.24) is 4.98 Å². The first kappa shape index (κ1) is 13.5. The average Bonchev–Trinajstić information content (AvgIpc) is 2.45. The van der Waals surface area contributed by atoms with Crippen LogP contribution in [0.25, 0.3) is 10.9 Å². The molecule has 3 N–H and O–H groups in total. The van der Waals surface area contributed by atoms with E-state index in [4.69, 9.17) is 5.73 Å². The number of aromatic nitrogens is 1. The molecular formula is C15H19N3O. The van der Waals surface area contributed by atoms with Crippen molar-refractivity contribution in [3.8, 4) is 0 Å². The summed E-state index contributed by atoms with van der Waals surface area (Å²) in [4.78, 5) is 16.3. The summed E-state index contributed by atoms with van der Waals surface area (Å²) in [5, 5.41) is 3.91. The number of nitrogens with two attached hydrogens (primary N) is 1. The second-order valence-corrected chi connectivity index (χ2v) is 4.64. The Balaban J connectivity index is 2.15. The second-order valence-electron chi connectivity index (χ2n) is 4.64. The van der Waals surface area contributed by atoms with Gasteiger partial charge in [0.05, 0.1) is 11.2 Å². The standard InChI is InChI=1S/C15H19N3O/c1-2-11(10-16)9-15(19)18-14-7-3-6-13-12(14)5-4-8-17-13/h3-8,11H,2,9-10,16H2,1H3,(H,18,19). The predicted octanol–water partition coefficient (Wildman–Crippen LogP) is 2.55. The molecule has 0 aliphatic rings. The third-order valence-corrected chi connectivity index (χ3v) is 3.30. The van der Waals surface area contributed by atoms with E-state index in [2.05, 4.69) is 10.3 Å². The third kappa shape index (κ3) is 3.29. The molecular weight excluding hydrogens is 238 g/mol. The van der Waals surface area contributed by atoms with Crippen LogP contribution in [0.15, 0.2) is 36.5 Å². The average molecular weight is 257 g/mol. The topological polar surface area (TPSA) is 68.0 Å². The molecule has 0 aliphatic heterocycles. The summed E-state index contributed by atoms with van der Waals surface area (Å²) >= 11 is 0. The number of anilines is 1. The molecule has 1 aromatic carbocycles. The van der Waals surface area contributed by atoms with Gasteiger partial charge >= 0.3 is 0 Å². The van der Waals surface area contributed by atoms with Crippen molar-refractivity contribution in [2.24, 2.45) is 11.7 Å². The van der Waals surface area contributed by atoms with Crippen molar-refractivity contribution in [3.63, 3.8) is 0 Å². The number of hydrogen-bond donors (Lipinski definition) is 2. The Kier molecular flexibility index (Phi) is 4.47. The van der Waals surface area contributed by atoms with Gasteiger partial charge in [0.1, 0.15) is 0 Å². The molecule has 0 radical (unpaired) electrons. The van der Waals surface area contributed by atoms with Crippen LogP contribution >= 0.6 is 0 Å². The molecule has 1 unspecified atom stereocenters. The first-order valence-corrected chi connectivity index (χ1v) is 6.58. The SMILES string of the molecule is CCC(CN)CC(=O)Nc1cccc2ncccc12. The number of carbonyl (C=O) groups is 1. The maximum Gasteiger partial charge on any atom is 0.224 e. The highest BCUT2D eigenvalue weighted by molar-refractivity contribution is 6.00. The number of nitrogens with one attached hydrogen (secondary N) is 1. The zero-order valence-electron chi connectivity index (χ0n) is 11.1. The highest BCUT2D eigenvalue weighted by Crippen LogP contribution is 2.21. The molecule has 0 aliphatic carbocycles. The summed E-state index contributed by atoms with van der Waals surface area (Å²) < 4.78 is 0. The van der Waals surface area contributed by atoms with Crippen LogP contribution in [-0.4, -0.2) is 17.4 Å². The molecule has 0 saturated carbocycles. The summed E-state index contributed by atoms with van der Waals surface area (Å²) in [6.45, 7) is 2.59. The maximum atomic E-state index is 12.0. The van der Waals surface area contributed by atoms with E-state index in [9.17, 15) is 4.79 Å². The van der Waals surface area contributed by atoms with E-state index in [1.807, 2.05) is 37.3 Å². The smallest absolute Gasteiger partial charge is 0.224 e. The Morgan fingerprint density at radius 1 is 1.37 bits per heavy atom. The molecule has 4 heteroatoms. The molecule has 0 bridgehead atoms. The number of nitrogens with zero attached hydrogens (tertiary/aromatic N) is 1. The van der Waals surface area contributed by atoms with Gasteiger partial charge in [-0.1, -0.05) is 19.4 Å². The molecule has 1 atom stereocenters. The molecule has 2 aromatic rings. The van der Waals surface area contributed by atoms with E-state index >= 15 is 0 Å². The number of hydrogen-bond acceptors (Lipinski definition) is 3. The summed E-state index contributed by atoms with van der Waals surface area (Å²) in [5.74, 6) is 0.252. The minimum absolute atomic E-state index is 0.00801. The number of rotatable bonds is 5. The minimum Gasteiger partial charge on any atom is -0.330 e. The fourth-order valence-electron chi connectivity index (χ4n) is 2.07. The first-order valence-electron chi connectivity index (χ1n) is 6.58. The van der Waals surface area contributed by atoms with Gasteiger partial charge in [-0.05, 0) is 36.7 Å². The maximum absolute atomic E-state index is 12.0. The van der Waals surface area contributed by atoms with Crippen molar-refractivity contribution in [2.45, 2.75) is 19.8 Å². The Morgan fingerprint density at radius 3 is 2.95 bits per heavy atom. The fourth-order valence-corrected chi connectivity index (χ4v) is 2.07. The fraction of sp³-hybridized carbons (Fsp3) is 0.333. The minimum atomic E-state index is 0.00801. The number of benzene rings is 1. The third-order valence-electron chi connectivity index (χ3n) is 3.30. The lowest BCUT2D eigenvalue weighted by molar-refractivity contribution is -0.117. The Bertz CT molecular complexity index is 559. The molecule has 100 valence electrons. The van der Waals surface area contributed by atoms with Gasteiger partial charge in [0, 0.05) is 18.0 Å². The van der Waals surface area contributed by atoms with Crippen LogP contribution in [0.5, 0.6) is 0 Å². The normalized spacial score (nSPS) is 12.3. The molecule has 1 aromatic heterocycles. The zero-order chi connectivity index (χ0) is 13.7. The predicted molar refractivity (Wildman–Crippen MR) is 77.8 cm³/mol. The molecule has 0 spiro atoms. The molecule has 1 amide bonds. The van der Waals surface area contributed by atoms with Gasteiger partial charge in [-0.15, -0.1) is 0 Å². The van der Waals surface area contributed by atoms with Gasteiger partial charge in [-0.25, -0.2) is 0 Å². The molecule has 19 heavy (non-hydrogen) atoms. The van der Waals surface area contributed by atoms with E-state index in [-0.39, 0.29) is 11.8 Å². The van der Waals surface area contributed by atoms with E-state index in [1.54, 1.807) is 6.20 Å². The van der Waals surface area contributed by atoms with Crippen LogP contribution in [0, 0.1) is 5.92 Å². The number of amides is 1. The van der Waals surface area contributed by atoms with Gasteiger partial charge in [-0.3, -0.25) is 9.78 Å². The van der Waals surface area contributed by atoms with Crippen LogP contribution in [0.3, 0.4) is 0 Å². The first-order chi connectivity index (χ1) is 9.24. The van der Waals surface area contributed by atoms with Gasteiger partial charge in [0.2, 0.25) is 5.91 Å². The van der Waals surface area contributed by atoms with Crippen molar-refractivity contribution in [3.05, 3.63) is 36.5 Å². The molecule has 0 fully saturated rings. The van der Waals surface area contributed by atoms with Crippen LogP contribution in [0.1, 0.15) is 19.8 Å². The van der Waals surface area contributed by atoms with Gasteiger partial charge in [0.25, 0.3) is 0 Å². The van der Waals surface area contributed by atoms with Gasteiger partial charge in [0.15, 0.2) is 0 Å². The highest BCUT2D eigenvalue weighted by Gasteiger charge is 2.11. The van der Waals surface area contributed by atoms with Crippen molar-refractivity contribution >= 4 is 22.5 Å². The summed E-state index contributed by atoms with van der Waals surface area (Å²) in [7, 11) is 0.